The summed E-state index contributed by atoms with van der Waals surface area (Å²) in [5.74, 6) is 1.50. The second kappa shape index (κ2) is 10.7. The van der Waals surface area contributed by atoms with Gasteiger partial charge in [-0.05, 0) is 57.5 Å². The van der Waals surface area contributed by atoms with Gasteiger partial charge in [0.2, 0.25) is 11.9 Å². The highest BCUT2D eigenvalue weighted by Crippen LogP contribution is 2.32. The molecule has 40 heavy (non-hydrogen) atoms. The number of amides is 2. The molecule has 4 aromatic rings. The molecular weight excluding hydrogens is 534 g/mol. The topological polar surface area (TPSA) is 135 Å². The zero-order valence-electron chi connectivity index (χ0n) is 22.8. The molecule has 1 aliphatic heterocycles. The summed E-state index contributed by atoms with van der Waals surface area (Å²) in [4.78, 5) is 36.0. The lowest BCUT2D eigenvalue weighted by molar-refractivity contribution is -0.138. The Bertz CT molecular complexity index is 1520. The normalized spacial score (nSPS) is 14.8. The first-order valence-corrected chi connectivity index (χ1v) is 13.3. The third-order valence-corrected chi connectivity index (χ3v) is 7.06. The van der Waals surface area contributed by atoms with E-state index in [0.29, 0.717) is 54.3 Å². The first-order chi connectivity index (χ1) is 19.0. The van der Waals surface area contributed by atoms with E-state index in [2.05, 4.69) is 20.6 Å². The number of nitrogens with one attached hydrogen (secondary N) is 2. The number of anilines is 3. The van der Waals surface area contributed by atoms with Gasteiger partial charge in [0.25, 0.3) is 0 Å². The van der Waals surface area contributed by atoms with Gasteiger partial charge in [-0.2, -0.15) is 10.1 Å². The van der Waals surface area contributed by atoms with Crippen LogP contribution in [0.3, 0.4) is 0 Å². The number of carbonyl (C=O) groups is 2. The minimum atomic E-state index is -1.17. The summed E-state index contributed by atoms with van der Waals surface area (Å²) in [6.45, 7) is 8.99. The second-order valence-corrected chi connectivity index (χ2v) is 11.2. The van der Waals surface area contributed by atoms with E-state index in [0.717, 1.165) is 11.2 Å². The molecule has 1 aliphatic rings. The first-order valence-electron chi connectivity index (χ1n) is 13.0. The van der Waals surface area contributed by atoms with Crippen LogP contribution >= 0.6 is 11.6 Å². The van der Waals surface area contributed by atoms with Crippen LogP contribution in [0.2, 0.25) is 5.02 Å². The number of halogens is 1. The van der Waals surface area contributed by atoms with Gasteiger partial charge >= 0.3 is 6.09 Å². The molecule has 3 aromatic heterocycles. The Kier molecular flexibility index (Phi) is 7.28. The van der Waals surface area contributed by atoms with Crippen LogP contribution in [-0.4, -0.2) is 83.4 Å². The van der Waals surface area contributed by atoms with E-state index in [1.54, 1.807) is 54.5 Å². The monoisotopic (exact) mass is 565 g/mol. The van der Waals surface area contributed by atoms with Gasteiger partial charge in [0, 0.05) is 54.7 Å². The predicted octanol–water partition coefficient (Wildman–Crippen LogP) is 4.33. The molecule has 0 spiro atoms. The van der Waals surface area contributed by atoms with Crippen molar-refractivity contribution in [2.75, 3.05) is 36.4 Å². The van der Waals surface area contributed by atoms with Crippen LogP contribution in [0.15, 0.2) is 48.7 Å². The summed E-state index contributed by atoms with van der Waals surface area (Å²) >= 11 is 6.08. The molecule has 1 fully saturated rings. The van der Waals surface area contributed by atoms with Gasteiger partial charge in [0.1, 0.15) is 11.6 Å². The summed E-state index contributed by atoms with van der Waals surface area (Å²) < 4.78 is 1.76. The van der Waals surface area contributed by atoms with Crippen LogP contribution in [0.5, 0.6) is 0 Å². The minimum Gasteiger partial charge on any atom is -0.465 e. The lowest BCUT2D eigenvalue weighted by Gasteiger charge is -2.42. The molecule has 2 amide bonds. The van der Waals surface area contributed by atoms with Crippen molar-refractivity contribution in [3.05, 3.63) is 64.9 Å². The molecule has 0 saturated carbocycles. The van der Waals surface area contributed by atoms with Crippen molar-refractivity contribution in [2.45, 2.75) is 39.3 Å². The van der Waals surface area contributed by atoms with Gasteiger partial charge in [-0.15, -0.1) is 5.10 Å². The van der Waals surface area contributed by atoms with Crippen LogP contribution in [0, 0.1) is 6.92 Å². The molecule has 1 aromatic carbocycles. The highest BCUT2D eigenvalue weighted by Gasteiger charge is 2.41. The van der Waals surface area contributed by atoms with Crippen LogP contribution < -0.4 is 10.2 Å². The average molecular weight is 566 g/mol. The molecule has 1 atom stereocenters. The standard InChI is InChI=1S/C27H32ClN9O3/c1-17-16-21(32-31-17)29-23-20-6-5-11-36(20)33-25(30-23)35-14-12-34(13-15-35)24(38)22(18-7-9-19(28)10-8-18)37(26(39)40)27(2,3)4/h5-11,16,22H,12-15H2,1-4H3,(H,39,40)(H2,29,30,31,32,33). The van der Waals surface area contributed by atoms with Gasteiger partial charge in [-0.25, -0.2) is 9.31 Å². The molecule has 3 N–H and O–H groups in total. The van der Waals surface area contributed by atoms with E-state index in [4.69, 9.17) is 16.6 Å². The van der Waals surface area contributed by atoms with Gasteiger partial charge in [-0.3, -0.25) is 14.8 Å². The molecule has 1 saturated heterocycles. The Labute approximate surface area is 236 Å². The molecule has 1 unspecified atom stereocenters. The second-order valence-electron chi connectivity index (χ2n) is 10.7. The van der Waals surface area contributed by atoms with Crippen molar-refractivity contribution in [1.82, 2.24) is 34.6 Å². The van der Waals surface area contributed by atoms with Crippen LogP contribution in [0.4, 0.5) is 22.4 Å². The molecule has 13 heteroatoms. The number of aromatic nitrogens is 5. The zero-order chi connectivity index (χ0) is 28.6. The number of hydrogen-bond donors (Lipinski definition) is 3. The number of carbonyl (C=O) groups excluding carboxylic acids is 1. The quantitative estimate of drug-likeness (QED) is 0.314. The predicted molar refractivity (Wildman–Crippen MR) is 152 cm³/mol. The number of rotatable bonds is 6. The van der Waals surface area contributed by atoms with E-state index < -0.39 is 17.7 Å². The molecule has 5 rings (SSSR count). The Morgan fingerprint density at radius 1 is 1.12 bits per heavy atom. The summed E-state index contributed by atoms with van der Waals surface area (Å²) in [7, 11) is 0. The van der Waals surface area contributed by atoms with Crippen molar-refractivity contribution in [3.63, 3.8) is 0 Å². The summed E-state index contributed by atoms with van der Waals surface area (Å²) in [6.07, 6.45) is 0.685. The van der Waals surface area contributed by atoms with Crippen molar-refractivity contribution < 1.29 is 14.7 Å². The van der Waals surface area contributed by atoms with E-state index in [-0.39, 0.29) is 5.91 Å². The Morgan fingerprint density at radius 3 is 2.42 bits per heavy atom. The molecular formula is C27H32ClN9O3. The lowest BCUT2D eigenvalue weighted by atomic mass is 9.97. The number of fused-ring (bicyclic) bond motifs is 1. The number of hydrogen-bond acceptors (Lipinski definition) is 7. The maximum atomic E-state index is 13.9. The third-order valence-electron chi connectivity index (χ3n) is 6.81. The maximum Gasteiger partial charge on any atom is 0.408 e. The fraction of sp³-hybridized carbons (Fsp3) is 0.370. The molecule has 0 radical (unpaired) electrons. The van der Waals surface area contributed by atoms with Crippen LogP contribution in [-0.2, 0) is 4.79 Å². The van der Waals surface area contributed by atoms with Crippen LogP contribution in [0.1, 0.15) is 38.1 Å². The largest absolute Gasteiger partial charge is 0.465 e. The van der Waals surface area contributed by atoms with Crippen molar-refractivity contribution in [3.8, 4) is 0 Å². The SMILES string of the molecule is Cc1cc(Nc2nc(N3CCN(C(=O)C(c4ccc(Cl)cc4)N(C(=O)O)C(C)(C)C)CC3)nn3cccc23)n[nH]1. The Balaban J connectivity index is 1.37. The van der Waals surface area contributed by atoms with Crippen molar-refractivity contribution in [2.24, 2.45) is 0 Å². The molecule has 0 aliphatic carbocycles. The number of piperazine rings is 1. The summed E-state index contributed by atoms with van der Waals surface area (Å²) in [5.41, 5.74) is 1.48. The van der Waals surface area contributed by atoms with E-state index in [1.165, 1.54) is 4.90 Å². The number of aryl methyl sites for hydroxylation is 1. The third kappa shape index (κ3) is 5.53. The summed E-state index contributed by atoms with van der Waals surface area (Å²) in [6, 6.07) is 11.4. The molecule has 4 heterocycles. The Hall–Kier alpha value is -4.32. The minimum absolute atomic E-state index is 0.280. The first kappa shape index (κ1) is 27.3. The van der Waals surface area contributed by atoms with E-state index in [1.807, 2.05) is 36.2 Å². The highest BCUT2D eigenvalue weighted by atomic mass is 35.5. The molecule has 12 nitrogen and oxygen atoms in total. The number of carboxylic acid groups (broad SMARTS) is 1. The number of nitrogens with zero attached hydrogens (tertiary/aromatic N) is 7. The van der Waals surface area contributed by atoms with Crippen molar-refractivity contribution in [1.29, 1.82) is 0 Å². The highest BCUT2D eigenvalue weighted by molar-refractivity contribution is 6.30. The van der Waals surface area contributed by atoms with Gasteiger partial charge in [0.15, 0.2) is 11.6 Å². The molecule has 0 bridgehead atoms. The number of H-pyrrole nitrogens is 1. The fourth-order valence-electron chi connectivity index (χ4n) is 4.88. The van der Waals surface area contributed by atoms with Gasteiger partial charge < -0.3 is 20.2 Å². The fourth-order valence-corrected chi connectivity index (χ4v) is 5.01. The Morgan fingerprint density at radius 2 is 1.82 bits per heavy atom. The summed E-state index contributed by atoms with van der Waals surface area (Å²) in [5, 5.41) is 25.7. The van der Waals surface area contributed by atoms with Gasteiger partial charge in [-0.1, -0.05) is 23.7 Å². The van der Waals surface area contributed by atoms with Crippen LogP contribution in [0.25, 0.3) is 5.52 Å². The van der Waals surface area contributed by atoms with Gasteiger partial charge in [0.05, 0.1) is 0 Å². The number of aromatic amines is 1. The van der Waals surface area contributed by atoms with E-state index >= 15 is 0 Å². The number of benzene rings is 1. The lowest BCUT2D eigenvalue weighted by Crippen LogP contribution is -2.56. The van der Waals surface area contributed by atoms with E-state index in [9.17, 15) is 14.7 Å². The molecule has 210 valence electrons. The zero-order valence-corrected chi connectivity index (χ0v) is 23.6. The smallest absolute Gasteiger partial charge is 0.408 e. The van der Waals surface area contributed by atoms with Crippen molar-refractivity contribution >= 4 is 46.7 Å². The maximum absolute atomic E-state index is 13.9. The average Bonchev–Trinajstić information content (AvgIpc) is 3.55.